The molecule has 1 aliphatic heterocycles. The van der Waals surface area contributed by atoms with Crippen LogP contribution in [0.1, 0.15) is 31.0 Å². The maximum Gasteiger partial charge on any atom is 0.338 e. The summed E-state index contributed by atoms with van der Waals surface area (Å²) in [5.41, 5.74) is 1.63. The van der Waals surface area contributed by atoms with E-state index in [1.807, 2.05) is 6.07 Å². The van der Waals surface area contributed by atoms with Gasteiger partial charge in [-0.1, -0.05) is 33.3 Å². The Hall–Kier alpha value is -4.08. The van der Waals surface area contributed by atoms with Crippen molar-refractivity contribution in [3.63, 3.8) is 0 Å². The van der Waals surface area contributed by atoms with Gasteiger partial charge in [-0.2, -0.15) is 5.26 Å². The van der Waals surface area contributed by atoms with Gasteiger partial charge in [-0.15, -0.1) is 0 Å². The van der Waals surface area contributed by atoms with Crippen LogP contribution in [0.4, 0.5) is 0 Å². The Balaban J connectivity index is 1.94. The largest absolute Gasteiger partial charge is 0.493 e. The summed E-state index contributed by atoms with van der Waals surface area (Å²) in [5.74, 6) is 1.19. The zero-order valence-electron chi connectivity index (χ0n) is 22.4. The maximum absolute atomic E-state index is 13.9. The Bertz CT molecular complexity index is 1720. The minimum Gasteiger partial charge on any atom is -0.493 e. The first-order valence-electron chi connectivity index (χ1n) is 12.1. The van der Waals surface area contributed by atoms with Gasteiger partial charge >= 0.3 is 5.97 Å². The fourth-order valence-electron chi connectivity index (χ4n) is 4.32. The summed E-state index contributed by atoms with van der Waals surface area (Å²) < 4.78 is 29.6. The molecule has 1 atom stereocenters. The van der Waals surface area contributed by atoms with Crippen LogP contribution in [0.25, 0.3) is 6.08 Å². The molecule has 0 radical (unpaired) electrons. The molecule has 0 spiro atoms. The van der Waals surface area contributed by atoms with Crippen LogP contribution < -0.4 is 33.8 Å². The number of rotatable bonds is 9. The normalized spacial score (nSPS) is 14.6. The van der Waals surface area contributed by atoms with Crippen LogP contribution in [-0.4, -0.2) is 45.1 Å². The lowest BCUT2D eigenvalue weighted by Gasteiger charge is -2.26. The van der Waals surface area contributed by atoms with E-state index >= 15 is 0 Å². The average molecular weight is 629 g/mol. The number of carbonyl (C=O) groups is 1. The highest BCUT2D eigenvalue weighted by Crippen LogP contribution is 2.40. The first kappa shape index (κ1) is 28.9. The Morgan fingerprint density at radius 3 is 2.45 bits per heavy atom. The molecule has 3 aromatic rings. The van der Waals surface area contributed by atoms with Gasteiger partial charge in [0, 0.05) is 4.47 Å². The molecule has 1 aliphatic rings. The van der Waals surface area contributed by atoms with Crippen molar-refractivity contribution in [2.75, 3.05) is 34.5 Å². The molecule has 0 fully saturated rings. The van der Waals surface area contributed by atoms with Gasteiger partial charge in [0.25, 0.3) is 5.56 Å². The first-order chi connectivity index (χ1) is 19.3. The molecular weight excluding hydrogens is 602 g/mol. The number of allylic oxidation sites excluding steroid dienone is 1. The van der Waals surface area contributed by atoms with Crippen LogP contribution in [0, 0.1) is 11.3 Å². The van der Waals surface area contributed by atoms with E-state index in [2.05, 4.69) is 20.9 Å². The minimum atomic E-state index is -0.845. The smallest absolute Gasteiger partial charge is 0.338 e. The summed E-state index contributed by atoms with van der Waals surface area (Å²) in [6.45, 7) is 3.48. The highest BCUT2D eigenvalue weighted by Gasteiger charge is 2.35. The number of esters is 1. The van der Waals surface area contributed by atoms with Crippen molar-refractivity contribution >= 4 is 39.3 Å². The lowest BCUT2D eigenvalue weighted by molar-refractivity contribution is -0.139. The zero-order valence-corrected chi connectivity index (χ0v) is 24.8. The third-order valence-electron chi connectivity index (χ3n) is 6.09. The summed E-state index contributed by atoms with van der Waals surface area (Å²) >= 11 is 4.79. The van der Waals surface area contributed by atoms with E-state index in [9.17, 15) is 9.59 Å². The average Bonchev–Trinajstić information content (AvgIpc) is 3.25. The molecule has 2 aromatic carbocycles. The summed E-state index contributed by atoms with van der Waals surface area (Å²) in [5, 5.41) is 8.81. The Kier molecular flexibility index (Phi) is 8.96. The van der Waals surface area contributed by atoms with Crippen molar-refractivity contribution in [1.29, 1.82) is 5.26 Å². The van der Waals surface area contributed by atoms with Crippen molar-refractivity contribution in [2.24, 2.45) is 4.99 Å². The van der Waals surface area contributed by atoms with E-state index in [-0.39, 0.29) is 24.3 Å². The number of nitrogens with zero attached hydrogens (tertiary/aromatic N) is 3. The number of aromatic nitrogens is 1. The summed E-state index contributed by atoms with van der Waals surface area (Å²) in [6.07, 6.45) is 1.71. The fraction of sp³-hybridized carbons (Fsp3) is 0.286. The van der Waals surface area contributed by atoms with E-state index in [1.165, 1.54) is 37.2 Å². The number of ether oxygens (including phenoxy) is 5. The summed E-state index contributed by atoms with van der Waals surface area (Å²) in [4.78, 5) is 32.2. The van der Waals surface area contributed by atoms with Crippen LogP contribution >= 0.6 is 27.3 Å². The molecule has 0 bridgehead atoms. The number of hydrogen-bond acceptors (Lipinski definition) is 10. The number of thiazole rings is 1. The van der Waals surface area contributed by atoms with Gasteiger partial charge in [0.05, 0.1) is 49.8 Å². The first-order valence-corrected chi connectivity index (χ1v) is 13.7. The third kappa shape index (κ3) is 5.48. The van der Waals surface area contributed by atoms with Crippen molar-refractivity contribution in [1.82, 2.24) is 4.57 Å². The van der Waals surface area contributed by atoms with Crippen LogP contribution in [0.15, 0.2) is 55.9 Å². The van der Waals surface area contributed by atoms with Crippen LogP contribution in [-0.2, 0) is 9.53 Å². The van der Waals surface area contributed by atoms with Gasteiger partial charge < -0.3 is 23.7 Å². The molecular formula is C28H26BrN3O7S. The van der Waals surface area contributed by atoms with E-state index in [1.54, 1.807) is 50.3 Å². The van der Waals surface area contributed by atoms with E-state index in [0.717, 1.165) is 0 Å². The second-order valence-electron chi connectivity index (χ2n) is 8.39. The molecule has 4 rings (SSSR count). The second kappa shape index (κ2) is 12.4. The van der Waals surface area contributed by atoms with Gasteiger partial charge in [0.15, 0.2) is 34.4 Å². The lowest BCUT2D eigenvalue weighted by atomic mass is 9.95. The van der Waals surface area contributed by atoms with Crippen LogP contribution in [0.3, 0.4) is 0 Å². The molecule has 12 heteroatoms. The molecule has 0 saturated carbocycles. The van der Waals surface area contributed by atoms with E-state index in [0.29, 0.717) is 53.6 Å². The number of benzene rings is 2. The van der Waals surface area contributed by atoms with Gasteiger partial charge in [-0.25, -0.2) is 9.79 Å². The minimum absolute atomic E-state index is 0.123. The van der Waals surface area contributed by atoms with E-state index in [4.69, 9.17) is 28.9 Å². The highest BCUT2D eigenvalue weighted by atomic mass is 79.9. The predicted molar refractivity (Wildman–Crippen MR) is 152 cm³/mol. The topological polar surface area (TPSA) is 121 Å². The molecule has 0 aliphatic carbocycles. The monoisotopic (exact) mass is 627 g/mol. The molecule has 208 valence electrons. The molecule has 1 aromatic heterocycles. The van der Waals surface area contributed by atoms with Gasteiger partial charge in [-0.05, 0) is 55.3 Å². The molecule has 2 heterocycles. The van der Waals surface area contributed by atoms with Gasteiger partial charge in [0.2, 0.25) is 0 Å². The number of nitriles is 1. The number of halogens is 1. The number of carbonyl (C=O) groups excluding carboxylic acids is 1. The number of hydrogen-bond donors (Lipinski definition) is 0. The number of methoxy groups -OCH3 is 3. The van der Waals surface area contributed by atoms with Crippen molar-refractivity contribution in [2.45, 2.75) is 19.9 Å². The SMILES string of the molecule is CCOC(=O)C1=C(C)N=c2s/c(=C\c3ccc(OCC#N)c(OC)c3)c(=O)n2[C@@H]1c1cc(OC)c(OC)cc1Br. The molecule has 0 N–H and O–H groups in total. The predicted octanol–water partition coefficient (Wildman–Crippen LogP) is 3.49. The Labute approximate surface area is 242 Å². The third-order valence-corrected chi connectivity index (χ3v) is 7.76. The highest BCUT2D eigenvalue weighted by molar-refractivity contribution is 9.10. The quantitative estimate of drug-likeness (QED) is 0.331. The van der Waals surface area contributed by atoms with E-state index < -0.39 is 12.0 Å². The van der Waals surface area contributed by atoms with Crippen LogP contribution in [0.5, 0.6) is 23.0 Å². The summed E-state index contributed by atoms with van der Waals surface area (Å²) in [6, 6.07) is 9.67. The Morgan fingerprint density at radius 2 is 1.80 bits per heavy atom. The van der Waals surface area contributed by atoms with Gasteiger partial charge in [0.1, 0.15) is 6.07 Å². The van der Waals surface area contributed by atoms with Crippen molar-refractivity contribution in [3.8, 4) is 29.1 Å². The van der Waals surface area contributed by atoms with Crippen LogP contribution in [0.2, 0.25) is 0 Å². The van der Waals surface area contributed by atoms with Gasteiger partial charge in [-0.3, -0.25) is 9.36 Å². The summed E-state index contributed by atoms with van der Waals surface area (Å²) in [7, 11) is 4.53. The maximum atomic E-state index is 13.9. The lowest BCUT2D eigenvalue weighted by Crippen LogP contribution is -2.40. The number of fused-ring (bicyclic) bond motifs is 1. The standard InChI is InChI=1S/C28H26BrN3O7S/c1-6-38-27(34)24-15(2)31-28-32(25(24)17-13-21(36-4)22(37-5)14-18(17)29)26(33)23(40-28)12-16-7-8-19(39-10-9-30)20(11-16)35-3/h7-8,11-14,25H,6,10H2,1-5H3/b23-12-/t25-/m1/s1. The molecule has 0 amide bonds. The van der Waals surface area contributed by atoms with Crippen molar-refractivity contribution in [3.05, 3.63) is 76.9 Å². The molecule has 0 saturated heterocycles. The zero-order chi connectivity index (χ0) is 29.0. The molecule has 0 unspecified atom stereocenters. The van der Waals surface area contributed by atoms with Crippen molar-refractivity contribution < 1.29 is 28.5 Å². The second-order valence-corrected chi connectivity index (χ2v) is 10.3. The molecule has 40 heavy (non-hydrogen) atoms. The Morgan fingerprint density at radius 1 is 1.12 bits per heavy atom. The molecule has 10 nitrogen and oxygen atoms in total. The fourth-order valence-corrected chi connectivity index (χ4v) is 5.91.